The molecule has 0 aliphatic heterocycles. The van der Waals surface area contributed by atoms with E-state index in [1.54, 1.807) is 18.4 Å². The molecular formula is C7H10N2O3S. The van der Waals surface area contributed by atoms with Gasteiger partial charge in [-0.1, -0.05) is 11.3 Å². The Hall–Kier alpha value is -1.14. The number of aliphatic hydroxyl groups excluding tert-OH is 1. The molecule has 0 saturated heterocycles. The van der Waals surface area contributed by atoms with Gasteiger partial charge in [0.2, 0.25) is 0 Å². The molecule has 0 aliphatic carbocycles. The van der Waals surface area contributed by atoms with Gasteiger partial charge in [-0.25, -0.2) is 0 Å². The first-order valence-corrected chi connectivity index (χ1v) is 4.62. The lowest BCUT2D eigenvalue weighted by Crippen LogP contribution is -2.19. The Bertz CT molecular complexity index is 300. The van der Waals surface area contributed by atoms with Crippen molar-refractivity contribution >= 4 is 22.0 Å². The molecule has 2 N–H and O–H groups in total. The number of nitro groups is 1. The summed E-state index contributed by atoms with van der Waals surface area (Å²) in [6, 6.07) is 1.46. The predicted molar refractivity (Wildman–Crippen MR) is 51.1 cm³/mol. The highest BCUT2D eigenvalue weighted by molar-refractivity contribution is 7.14. The number of nitrogens with zero attached hydrogens (tertiary/aromatic N) is 1. The van der Waals surface area contributed by atoms with Crippen molar-refractivity contribution in [3.8, 4) is 0 Å². The molecule has 1 rings (SSSR count). The third kappa shape index (κ3) is 2.40. The number of thiophene rings is 1. The molecule has 0 fully saturated rings. The van der Waals surface area contributed by atoms with Crippen molar-refractivity contribution < 1.29 is 10.0 Å². The minimum absolute atomic E-state index is 0.0486. The molecule has 0 aromatic carbocycles. The van der Waals surface area contributed by atoms with E-state index in [2.05, 4.69) is 5.32 Å². The lowest BCUT2D eigenvalue weighted by atomic mass is 10.3. The van der Waals surface area contributed by atoms with Gasteiger partial charge in [0, 0.05) is 6.04 Å². The summed E-state index contributed by atoms with van der Waals surface area (Å²) in [6.07, 6.45) is 0. The van der Waals surface area contributed by atoms with Crippen LogP contribution in [0.4, 0.5) is 10.7 Å². The Morgan fingerprint density at radius 2 is 2.54 bits per heavy atom. The fourth-order valence-corrected chi connectivity index (χ4v) is 1.54. The summed E-state index contributed by atoms with van der Waals surface area (Å²) < 4.78 is 0. The van der Waals surface area contributed by atoms with Crippen molar-refractivity contribution in [3.05, 3.63) is 21.6 Å². The van der Waals surface area contributed by atoms with Crippen molar-refractivity contribution in [2.45, 2.75) is 13.0 Å². The summed E-state index contributed by atoms with van der Waals surface area (Å²) in [7, 11) is 0. The van der Waals surface area contributed by atoms with Crippen LogP contribution in [0.1, 0.15) is 6.92 Å². The summed E-state index contributed by atoms with van der Waals surface area (Å²) in [4.78, 5) is 10.0. The lowest BCUT2D eigenvalue weighted by molar-refractivity contribution is -0.379. The number of hydrogen-bond donors (Lipinski definition) is 2. The van der Waals surface area contributed by atoms with Gasteiger partial charge in [-0.2, -0.15) is 0 Å². The first-order chi connectivity index (χ1) is 6.15. The normalized spacial score (nSPS) is 12.5. The number of rotatable bonds is 4. The van der Waals surface area contributed by atoms with Crippen LogP contribution in [0.25, 0.3) is 0 Å². The van der Waals surface area contributed by atoms with Crippen LogP contribution in [0, 0.1) is 10.1 Å². The zero-order valence-electron chi connectivity index (χ0n) is 7.06. The number of aliphatic hydroxyl groups is 1. The number of hydrogen-bond acceptors (Lipinski definition) is 5. The van der Waals surface area contributed by atoms with Gasteiger partial charge in [-0.05, 0) is 18.4 Å². The molecule has 5 nitrogen and oxygen atoms in total. The van der Waals surface area contributed by atoms with E-state index in [9.17, 15) is 10.1 Å². The average Bonchev–Trinajstić information content (AvgIpc) is 2.52. The third-order valence-electron chi connectivity index (χ3n) is 1.49. The SMILES string of the molecule is C[C@@H](CO)Nc1ccsc1[N+](=O)[O-]. The largest absolute Gasteiger partial charge is 0.394 e. The number of anilines is 1. The maximum absolute atomic E-state index is 10.5. The highest BCUT2D eigenvalue weighted by Crippen LogP contribution is 2.30. The first-order valence-electron chi connectivity index (χ1n) is 3.74. The van der Waals surface area contributed by atoms with E-state index in [1.807, 2.05) is 0 Å². The van der Waals surface area contributed by atoms with E-state index < -0.39 is 4.92 Å². The molecule has 0 aliphatic rings. The van der Waals surface area contributed by atoms with Gasteiger partial charge in [0.1, 0.15) is 5.69 Å². The standard InChI is InChI=1S/C7H10N2O3S/c1-5(4-10)8-6-2-3-13-7(6)9(11)12/h2-3,5,8,10H,4H2,1H3/t5-/m0/s1. The molecule has 1 atom stereocenters. The molecule has 0 amide bonds. The Morgan fingerprint density at radius 1 is 1.85 bits per heavy atom. The van der Waals surface area contributed by atoms with E-state index in [1.165, 1.54) is 0 Å². The van der Waals surface area contributed by atoms with Crippen LogP contribution in [-0.4, -0.2) is 22.7 Å². The monoisotopic (exact) mass is 202 g/mol. The van der Waals surface area contributed by atoms with E-state index in [0.717, 1.165) is 11.3 Å². The predicted octanol–water partition coefficient (Wildman–Crippen LogP) is 1.45. The molecule has 0 bridgehead atoms. The van der Waals surface area contributed by atoms with Crippen LogP contribution in [0.2, 0.25) is 0 Å². The average molecular weight is 202 g/mol. The maximum Gasteiger partial charge on any atom is 0.347 e. The zero-order chi connectivity index (χ0) is 9.84. The van der Waals surface area contributed by atoms with E-state index >= 15 is 0 Å². The van der Waals surface area contributed by atoms with Gasteiger partial charge < -0.3 is 10.4 Å². The quantitative estimate of drug-likeness (QED) is 0.572. The Labute approximate surface area is 79.2 Å². The molecule has 72 valence electrons. The Balaban J connectivity index is 2.76. The molecule has 1 aromatic heterocycles. The fourth-order valence-electron chi connectivity index (χ4n) is 0.864. The summed E-state index contributed by atoms with van der Waals surface area (Å²) in [5.41, 5.74) is 0.469. The van der Waals surface area contributed by atoms with Crippen molar-refractivity contribution in [2.75, 3.05) is 11.9 Å². The van der Waals surface area contributed by atoms with Crippen molar-refractivity contribution in [3.63, 3.8) is 0 Å². The maximum atomic E-state index is 10.5. The van der Waals surface area contributed by atoms with E-state index in [0.29, 0.717) is 5.69 Å². The summed E-state index contributed by atoms with van der Waals surface area (Å²) in [5, 5.41) is 23.8. The molecule has 0 unspecified atom stereocenters. The van der Waals surface area contributed by atoms with Gasteiger partial charge in [0.05, 0.1) is 11.5 Å². The minimum atomic E-state index is -0.433. The first kappa shape index (κ1) is 9.94. The smallest absolute Gasteiger partial charge is 0.347 e. The molecule has 0 saturated carbocycles. The highest BCUT2D eigenvalue weighted by atomic mass is 32.1. The van der Waals surface area contributed by atoms with Crippen molar-refractivity contribution in [1.29, 1.82) is 0 Å². The lowest BCUT2D eigenvalue weighted by Gasteiger charge is -2.09. The second-order valence-electron chi connectivity index (χ2n) is 2.62. The second kappa shape index (κ2) is 4.20. The van der Waals surface area contributed by atoms with E-state index in [-0.39, 0.29) is 17.6 Å². The van der Waals surface area contributed by atoms with Crippen molar-refractivity contribution in [1.82, 2.24) is 0 Å². The summed E-state index contributed by atoms with van der Waals surface area (Å²) >= 11 is 1.07. The molecule has 0 radical (unpaired) electrons. The van der Waals surface area contributed by atoms with Crippen LogP contribution in [0.5, 0.6) is 0 Å². The van der Waals surface area contributed by atoms with Gasteiger partial charge in [-0.15, -0.1) is 0 Å². The van der Waals surface area contributed by atoms with Crippen LogP contribution < -0.4 is 5.32 Å². The Kier molecular flexibility index (Phi) is 3.21. The van der Waals surface area contributed by atoms with E-state index in [4.69, 9.17) is 5.11 Å². The van der Waals surface area contributed by atoms with Crippen LogP contribution >= 0.6 is 11.3 Å². The van der Waals surface area contributed by atoms with Crippen molar-refractivity contribution in [2.24, 2.45) is 0 Å². The second-order valence-corrected chi connectivity index (χ2v) is 3.52. The van der Waals surface area contributed by atoms with Gasteiger partial charge in [0.25, 0.3) is 0 Å². The zero-order valence-corrected chi connectivity index (χ0v) is 7.87. The van der Waals surface area contributed by atoms with Crippen LogP contribution in [-0.2, 0) is 0 Å². The molecule has 1 heterocycles. The van der Waals surface area contributed by atoms with Gasteiger partial charge in [-0.3, -0.25) is 10.1 Å². The molecular weight excluding hydrogens is 192 g/mol. The van der Waals surface area contributed by atoms with Gasteiger partial charge in [0.15, 0.2) is 0 Å². The molecule has 1 aromatic rings. The Morgan fingerprint density at radius 3 is 3.08 bits per heavy atom. The summed E-state index contributed by atoms with van der Waals surface area (Å²) in [6.45, 7) is 1.70. The number of nitrogens with one attached hydrogen (secondary N) is 1. The minimum Gasteiger partial charge on any atom is -0.394 e. The topological polar surface area (TPSA) is 75.4 Å². The molecule has 0 spiro atoms. The molecule has 6 heteroatoms. The van der Waals surface area contributed by atoms with Gasteiger partial charge >= 0.3 is 5.00 Å². The van der Waals surface area contributed by atoms with Crippen LogP contribution in [0.3, 0.4) is 0 Å². The molecule has 13 heavy (non-hydrogen) atoms. The van der Waals surface area contributed by atoms with Crippen LogP contribution in [0.15, 0.2) is 11.4 Å². The summed E-state index contributed by atoms with van der Waals surface area (Å²) in [5.74, 6) is 0. The fraction of sp³-hybridized carbons (Fsp3) is 0.429. The highest BCUT2D eigenvalue weighted by Gasteiger charge is 2.16. The third-order valence-corrected chi connectivity index (χ3v) is 2.35.